The minimum absolute atomic E-state index is 0.509. The first-order valence-electron chi connectivity index (χ1n) is 7.86. The number of aromatic nitrogens is 4. The lowest BCUT2D eigenvalue weighted by atomic mass is 9.93. The number of nitrogens with zero attached hydrogens (tertiary/aromatic N) is 5. The number of hydrogen-bond donors (Lipinski definition) is 0. The van der Waals surface area contributed by atoms with Gasteiger partial charge in [0.05, 0.1) is 12.8 Å². The van der Waals surface area contributed by atoms with Gasteiger partial charge in [0.2, 0.25) is 11.7 Å². The van der Waals surface area contributed by atoms with Crippen molar-refractivity contribution in [2.24, 2.45) is 7.05 Å². The van der Waals surface area contributed by atoms with Crippen LogP contribution in [0.4, 0.5) is 0 Å². The van der Waals surface area contributed by atoms with Gasteiger partial charge < -0.3 is 8.94 Å². The SMILES string of the molecule is Cn1nccc1C1CCN(Cc2nc(-c3ccco3)no2)CC1. The Hall–Kier alpha value is -2.41. The van der Waals surface area contributed by atoms with E-state index in [0.717, 1.165) is 25.9 Å². The number of piperidine rings is 1. The Bertz CT molecular complexity index is 753. The predicted molar refractivity (Wildman–Crippen MR) is 82.5 cm³/mol. The number of likely N-dealkylation sites (tertiary alicyclic amines) is 1. The maximum absolute atomic E-state index is 5.33. The molecule has 4 rings (SSSR count). The summed E-state index contributed by atoms with van der Waals surface area (Å²) in [6.07, 6.45) is 5.72. The van der Waals surface area contributed by atoms with Gasteiger partial charge in [0.15, 0.2) is 5.76 Å². The zero-order valence-corrected chi connectivity index (χ0v) is 13.1. The van der Waals surface area contributed by atoms with Crippen LogP contribution in [0.15, 0.2) is 39.6 Å². The second-order valence-corrected chi connectivity index (χ2v) is 5.92. The number of furan rings is 1. The molecule has 0 amide bonds. The van der Waals surface area contributed by atoms with Crippen LogP contribution >= 0.6 is 0 Å². The smallest absolute Gasteiger partial charge is 0.241 e. The van der Waals surface area contributed by atoms with Crippen molar-refractivity contribution < 1.29 is 8.94 Å². The highest BCUT2D eigenvalue weighted by Crippen LogP contribution is 2.28. The van der Waals surface area contributed by atoms with E-state index in [1.807, 2.05) is 30.1 Å². The second-order valence-electron chi connectivity index (χ2n) is 5.92. The van der Waals surface area contributed by atoms with Crippen molar-refractivity contribution >= 4 is 0 Å². The van der Waals surface area contributed by atoms with Gasteiger partial charge in [0, 0.05) is 24.9 Å². The van der Waals surface area contributed by atoms with E-state index in [9.17, 15) is 0 Å². The topological polar surface area (TPSA) is 73.1 Å². The summed E-state index contributed by atoms with van der Waals surface area (Å²) in [5, 5.41) is 8.24. The van der Waals surface area contributed by atoms with Crippen LogP contribution < -0.4 is 0 Å². The molecular formula is C16H19N5O2. The molecular weight excluding hydrogens is 294 g/mol. The van der Waals surface area contributed by atoms with Gasteiger partial charge in [-0.25, -0.2) is 0 Å². The van der Waals surface area contributed by atoms with Crippen LogP contribution in [0.1, 0.15) is 30.3 Å². The monoisotopic (exact) mass is 313 g/mol. The second kappa shape index (κ2) is 6.00. The maximum atomic E-state index is 5.33. The van der Waals surface area contributed by atoms with Crippen molar-refractivity contribution in [1.82, 2.24) is 24.8 Å². The minimum atomic E-state index is 0.509. The van der Waals surface area contributed by atoms with E-state index < -0.39 is 0 Å². The van der Waals surface area contributed by atoms with Crippen LogP contribution in [0.25, 0.3) is 11.6 Å². The quantitative estimate of drug-likeness (QED) is 0.736. The molecule has 0 atom stereocenters. The van der Waals surface area contributed by atoms with E-state index in [1.165, 1.54) is 5.69 Å². The molecule has 0 aliphatic carbocycles. The fourth-order valence-corrected chi connectivity index (χ4v) is 3.19. The Balaban J connectivity index is 1.35. The van der Waals surface area contributed by atoms with Gasteiger partial charge in [0.1, 0.15) is 0 Å². The normalized spacial score (nSPS) is 16.9. The van der Waals surface area contributed by atoms with Crippen molar-refractivity contribution in [3.8, 4) is 11.6 Å². The standard InChI is InChI=1S/C16H19N5O2/c1-20-13(4-7-17-20)12-5-8-21(9-6-12)11-15-18-16(19-23-15)14-3-2-10-22-14/h2-4,7,10,12H,5-6,8-9,11H2,1H3. The van der Waals surface area contributed by atoms with Gasteiger partial charge in [-0.1, -0.05) is 5.16 Å². The fourth-order valence-electron chi connectivity index (χ4n) is 3.19. The molecule has 0 N–H and O–H groups in total. The van der Waals surface area contributed by atoms with Crippen LogP contribution in [-0.4, -0.2) is 37.9 Å². The first kappa shape index (κ1) is 14.2. The molecule has 7 nitrogen and oxygen atoms in total. The van der Waals surface area contributed by atoms with Crippen molar-refractivity contribution in [2.75, 3.05) is 13.1 Å². The van der Waals surface area contributed by atoms with Gasteiger partial charge in [0.25, 0.3) is 0 Å². The molecule has 1 saturated heterocycles. The summed E-state index contributed by atoms with van der Waals surface area (Å²) in [6.45, 7) is 2.73. The lowest BCUT2D eigenvalue weighted by Crippen LogP contribution is -2.33. The molecule has 4 heterocycles. The highest BCUT2D eigenvalue weighted by atomic mass is 16.5. The van der Waals surface area contributed by atoms with Gasteiger partial charge in [-0.3, -0.25) is 9.58 Å². The third-order valence-corrected chi connectivity index (χ3v) is 4.43. The van der Waals surface area contributed by atoms with E-state index in [4.69, 9.17) is 8.94 Å². The Labute approximate surface area is 133 Å². The Morgan fingerprint density at radius 1 is 1.26 bits per heavy atom. The molecule has 1 fully saturated rings. The third-order valence-electron chi connectivity index (χ3n) is 4.43. The van der Waals surface area contributed by atoms with Crippen LogP contribution in [0, 0.1) is 0 Å². The van der Waals surface area contributed by atoms with Crippen LogP contribution in [0.3, 0.4) is 0 Å². The minimum Gasteiger partial charge on any atom is -0.461 e. The van der Waals surface area contributed by atoms with Crippen molar-refractivity contribution in [3.63, 3.8) is 0 Å². The van der Waals surface area contributed by atoms with Crippen LogP contribution in [0.5, 0.6) is 0 Å². The summed E-state index contributed by atoms with van der Waals surface area (Å²) in [4.78, 5) is 6.76. The molecule has 0 unspecified atom stereocenters. The highest BCUT2D eigenvalue weighted by molar-refractivity contribution is 5.44. The third kappa shape index (κ3) is 2.92. The zero-order chi connectivity index (χ0) is 15.6. The summed E-state index contributed by atoms with van der Waals surface area (Å²) < 4.78 is 12.6. The Kier molecular flexibility index (Phi) is 3.70. The summed E-state index contributed by atoms with van der Waals surface area (Å²) in [5.74, 6) is 2.36. The molecule has 0 radical (unpaired) electrons. The van der Waals surface area contributed by atoms with Gasteiger partial charge >= 0.3 is 0 Å². The van der Waals surface area contributed by atoms with E-state index >= 15 is 0 Å². The average Bonchev–Trinajstić information content (AvgIpc) is 3.29. The van der Waals surface area contributed by atoms with Crippen molar-refractivity contribution in [2.45, 2.75) is 25.3 Å². The lowest BCUT2D eigenvalue weighted by Gasteiger charge is -2.30. The summed E-state index contributed by atoms with van der Waals surface area (Å²) in [6, 6.07) is 5.76. The molecule has 0 bridgehead atoms. The molecule has 3 aromatic rings. The number of rotatable bonds is 4. The van der Waals surface area contributed by atoms with E-state index in [-0.39, 0.29) is 0 Å². The van der Waals surface area contributed by atoms with E-state index in [0.29, 0.717) is 29.9 Å². The molecule has 0 spiro atoms. The van der Waals surface area contributed by atoms with Crippen molar-refractivity contribution in [3.05, 3.63) is 42.2 Å². The molecule has 1 aliphatic rings. The summed E-state index contributed by atoms with van der Waals surface area (Å²) in [5.41, 5.74) is 1.32. The summed E-state index contributed by atoms with van der Waals surface area (Å²) in [7, 11) is 2.01. The first-order chi connectivity index (χ1) is 11.3. The van der Waals surface area contributed by atoms with Gasteiger partial charge in [-0.15, -0.1) is 0 Å². The maximum Gasteiger partial charge on any atom is 0.241 e. The largest absolute Gasteiger partial charge is 0.461 e. The highest BCUT2D eigenvalue weighted by Gasteiger charge is 2.24. The molecule has 0 aromatic carbocycles. The molecule has 3 aromatic heterocycles. The molecule has 1 aliphatic heterocycles. The Morgan fingerprint density at radius 3 is 2.83 bits per heavy atom. The molecule has 23 heavy (non-hydrogen) atoms. The van der Waals surface area contributed by atoms with Crippen LogP contribution in [0.2, 0.25) is 0 Å². The van der Waals surface area contributed by atoms with E-state index in [2.05, 4.69) is 26.2 Å². The molecule has 7 heteroatoms. The van der Waals surface area contributed by atoms with Crippen LogP contribution in [-0.2, 0) is 13.6 Å². The van der Waals surface area contributed by atoms with Gasteiger partial charge in [-0.2, -0.15) is 10.1 Å². The average molecular weight is 313 g/mol. The number of aryl methyl sites for hydroxylation is 1. The molecule has 0 saturated carbocycles. The van der Waals surface area contributed by atoms with E-state index in [1.54, 1.807) is 6.26 Å². The lowest BCUT2D eigenvalue weighted by molar-refractivity contribution is 0.178. The first-order valence-corrected chi connectivity index (χ1v) is 7.86. The summed E-state index contributed by atoms with van der Waals surface area (Å²) >= 11 is 0. The number of hydrogen-bond acceptors (Lipinski definition) is 6. The molecule has 120 valence electrons. The van der Waals surface area contributed by atoms with Crippen molar-refractivity contribution in [1.29, 1.82) is 0 Å². The van der Waals surface area contributed by atoms with Gasteiger partial charge in [-0.05, 0) is 44.1 Å². The fraction of sp³-hybridized carbons (Fsp3) is 0.438. The predicted octanol–water partition coefficient (Wildman–Crippen LogP) is 2.44. The Morgan fingerprint density at radius 2 is 2.13 bits per heavy atom. The zero-order valence-electron chi connectivity index (χ0n) is 13.1.